The van der Waals surface area contributed by atoms with Gasteiger partial charge in [-0.1, -0.05) is 6.07 Å². The average molecular weight is 309 g/mol. The molecule has 2 heterocycles. The maximum absolute atomic E-state index is 12.1. The van der Waals surface area contributed by atoms with E-state index in [1.54, 1.807) is 17.5 Å². The van der Waals surface area contributed by atoms with Gasteiger partial charge >= 0.3 is 0 Å². The minimum absolute atomic E-state index is 0.00465. The van der Waals surface area contributed by atoms with Crippen molar-refractivity contribution in [2.24, 2.45) is 0 Å². The average Bonchev–Trinajstić information content (AvgIpc) is 2.88. The number of pyridine rings is 1. The van der Waals surface area contributed by atoms with Crippen LogP contribution in [0.15, 0.2) is 30.6 Å². The van der Waals surface area contributed by atoms with Crippen molar-refractivity contribution in [3.63, 3.8) is 0 Å². The molecule has 0 aromatic carbocycles. The molecule has 20 heavy (non-hydrogen) atoms. The van der Waals surface area contributed by atoms with Crippen molar-refractivity contribution in [1.82, 2.24) is 14.7 Å². The molecule has 2 rings (SSSR count). The lowest BCUT2D eigenvalue weighted by atomic mass is 10.3. The Morgan fingerprint density at radius 1 is 1.30 bits per heavy atom. The van der Waals surface area contributed by atoms with Crippen LogP contribution in [0.2, 0.25) is 0 Å². The molecule has 0 saturated carbocycles. The minimum Gasteiger partial charge on any atom is -0.598 e. The molecule has 0 unspecified atom stereocenters. The maximum atomic E-state index is 12.1. The van der Waals surface area contributed by atoms with E-state index in [-0.39, 0.29) is 10.8 Å². The molecule has 2 aromatic rings. The lowest BCUT2D eigenvalue weighted by Gasteiger charge is -2.25. The van der Waals surface area contributed by atoms with Gasteiger partial charge in [-0.3, -0.25) is 4.98 Å². The number of rotatable bonds is 4. The third kappa shape index (κ3) is 3.79. The molecular weight excluding hydrogens is 290 g/mol. The van der Waals surface area contributed by atoms with Gasteiger partial charge in [0.2, 0.25) is 0 Å². The summed E-state index contributed by atoms with van der Waals surface area (Å²) in [7, 11) is 0. The van der Waals surface area contributed by atoms with Crippen molar-refractivity contribution in [3.05, 3.63) is 35.5 Å². The Morgan fingerprint density at radius 3 is 2.65 bits per heavy atom. The number of hydrogen-bond donors (Lipinski definition) is 1. The standard InChI is InChI=1S/C14H19N3OS2/c1-10(17-20(18)14(2,3)4)12-9-16-13(19-12)11-7-5-6-8-15-11/h5-10,17H,1-4H3/t10-,20+/m0/s1. The van der Waals surface area contributed by atoms with Gasteiger partial charge in [0, 0.05) is 28.6 Å². The summed E-state index contributed by atoms with van der Waals surface area (Å²) in [6.45, 7) is 7.86. The van der Waals surface area contributed by atoms with E-state index in [1.165, 1.54) is 0 Å². The van der Waals surface area contributed by atoms with Crippen LogP contribution in [0.1, 0.15) is 38.6 Å². The Hall–Kier alpha value is -0.950. The zero-order valence-corrected chi connectivity index (χ0v) is 13.7. The fourth-order valence-electron chi connectivity index (χ4n) is 1.49. The summed E-state index contributed by atoms with van der Waals surface area (Å²) in [5.41, 5.74) is 0.868. The Balaban J connectivity index is 2.09. The van der Waals surface area contributed by atoms with E-state index < -0.39 is 11.4 Å². The monoisotopic (exact) mass is 309 g/mol. The van der Waals surface area contributed by atoms with Crippen LogP contribution in [-0.2, 0) is 11.4 Å². The van der Waals surface area contributed by atoms with E-state index in [0.29, 0.717) is 0 Å². The first kappa shape index (κ1) is 15.4. The molecule has 2 aromatic heterocycles. The van der Waals surface area contributed by atoms with Crippen LogP contribution in [0.4, 0.5) is 0 Å². The van der Waals surface area contributed by atoms with Crippen molar-refractivity contribution >= 4 is 22.7 Å². The molecule has 6 heteroatoms. The van der Waals surface area contributed by atoms with E-state index in [4.69, 9.17) is 0 Å². The molecule has 0 fully saturated rings. The first-order valence-electron chi connectivity index (χ1n) is 6.43. The summed E-state index contributed by atoms with van der Waals surface area (Å²) in [5, 5.41) is 0.885. The first-order chi connectivity index (χ1) is 9.38. The summed E-state index contributed by atoms with van der Waals surface area (Å²) >= 11 is 0.486. The van der Waals surface area contributed by atoms with Gasteiger partial charge in [0.1, 0.15) is 9.75 Å². The fraction of sp³-hybridized carbons (Fsp3) is 0.429. The molecule has 0 saturated heterocycles. The predicted octanol–water partition coefficient (Wildman–Crippen LogP) is 3.32. The van der Waals surface area contributed by atoms with Crippen molar-refractivity contribution in [1.29, 1.82) is 0 Å². The number of nitrogens with zero attached hydrogens (tertiary/aromatic N) is 2. The topological polar surface area (TPSA) is 60.9 Å². The molecule has 0 radical (unpaired) electrons. The van der Waals surface area contributed by atoms with Crippen LogP contribution < -0.4 is 4.72 Å². The van der Waals surface area contributed by atoms with Crippen LogP contribution >= 0.6 is 11.3 Å². The van der Waals surface area contributed by atoms with Gasteiger partial charge in [0.05, 0.1) is 11.7 Å². The lowest BCUT2D eigenvalue weighted by Crippen LogP contribution is -2.40. The number of thiazole rings is 1. The van der Waals surface area contributed by atoms with Gasteiger partial charge in [-0.15, -0.1) is 16.1 Å². The largest absolute Gasteiger partial charge is 0.598 e. The van der Waals surface area contributed by atoms with E-state index in [2.05, 4.69) is 14.7 Å². The Bertz CT molecular complexity index is 551. The van der Waals surface area contributed by atoms with Crippen molar-refractivity contribution < 1.29 is 4.55 Å². The highest BCUT2D eigenvalue weighted by molar-refractivity contribution is 7.90. The molecule has 0 amide bonds. The van der Waals surface area contributed by atoms with E-state index in [1.807, 2.05) is 52.1 Å². The molecule has 2 atom stereocenters. The van der Waals surface area contributed by atoms with Crippen LogP contribution in [0.5, 0.6) is 0 Å². The zero-order chi connectivity index (χ0) is 14.8. The van der Waals surface area contributed by atoms with E-state index in [9.17, 15) is 4.55 Å². The molecule has 0 bridgehead atoms. The normalized spacial score (nSPS) is 15.1. The summed E-state index contributed by atoms with van der Waals surface area (Å²) in [6.07, 6.45) is 3.58. The highest BCUT2D eigenvalue weighted by Crippen LogP contribution is 2.28. The molecule has 0 aliphatic rings. The third-order valence-electron chi connectivity index (χ3n) is 2.67. The first-order valence-corrected chi connectivity index (χ1v) is 8.40. The maximum Gasteiger partial charge on any atom is 0.142 e. The Morgan fingerprint density at radius 2 is 2.05 bits per heavy atom. The SMILES string of the molecule is C[C@H](N[S@+]([O-])C(C)(C)C)c1cnc(-c2ccccn2)s1. The second-order valence-corrected chi connectivity index (χ2v) is 8.56. The molecular formula is C14H19N3OS2. The van der Waals surface area contributed by atoms with Gasteiger partial charge < -0.3 is 4.55 Å². The van der Waals surface area contributed by atoms with Crippen molar-refractivity contribution in [3.8, 4) is 10.7 Å². The van der Waals surface area contributed by atoms with Gasteiger partial charge in [0.15, 0.2) is 0 Å². The third-order valence-corrected chi connectivity index (χ3v) is 5.56. The van der Waals surface area contributed by atoms with E-state index >= 15 is 0 Å². The van der Waals surface area contributed by atoms with E-state index in [0.717, 1.165) is 15.6 Å². The van der Waals surface area contributed by atoms with Crippen LogP contribution in [0.3, 0.4) is 0 Å². The summed E-state index contributed by atoms with van der Waals surface area (Å²) in [4.78, 5) is 9.74. The van der Waals surface area contributed by atoms with Crippen LogP contribution in [0.25, 0.3) is 10.7 Å². The molecule has 4 nitrogen and oxygen atoms in total. The van der Waals surface area contributed by atoms with Crippen LogP contribution in [-0.4, -0.2) is 19.3 Å². The second-order valence-electron chi connectivity index (χ2n) is 5.50. The highest BCUT2D eigenvalue weighted by Gasteiger charge is 2.28. The van der Waals surface area contributed by atoms with Gasteiger partial charge in [-0.25, -0.2) is 4.98 Å². The zero-order valence-electron chi connectivity index (χ0n) is 12.1. The number of aromatic nitrogens is 2. The van der Waals surface area contributed by atoms with Gasteiger partial charge in [-0.05, 0) is 39.8 Å². The number of hydrogen-bond acceptors (Lipinski definition) is 5. The van der Waals surface area contributed by atoms with Crippen molar-refractivity contribution in [2.75, 3.05) is 0 Å². The fourth-order valence-corrected chi connectivity index (χ4v) is 3.26. The van der Waals surface area contributed by atoms with Crippen LogP contribution in [0, 0.1) is 0 Å². The molecule has 1 N–H and O–H groups in total. The summed E-state index contributed by atoms with van der Waals surface area (Å²) in [5.74, 6) is 0. The predicted molar refractivity (Wildman–Crippen MR) is 84.8 cm³/mol. The summed E-state index contributed by atoms with van der Waals surface area (Å²) < 4.78 is 14.9. The Labute approximate surface area is 127 Å². The Kier molecular flexibility index (Phi) is 4.80. The smallest absolute Gasteiger partial charge is 0.142 e. The quantitative estimate of drug-likeness (QED) is 0.880. The minimum atomic E-state index is -1.09. The highest BCUT2D eigenvalue weighted by atomic mass is 32.2. The second kappa shape index (κ2) is 6.22. The van der Waals surface area contributed by atoms with Gasteiger partial charge in [0.25, 0.3) is 0 Å². The van der Waals surface area contributed by atoms with Crippen molar-refractivity contribution in [2.45, 2.75) is 38.5 Å². The summed E-state index contributed by atoms with van der Waals surface area (Å²) in [6, 6.07) is 5.77. The molecule has 0 aliphatic heterocycles. The lowest BCUT2D eigenvalue weighted by molar-refractivity contribution is 0.532. The molecule has 108 valence electrons. The molecule has 0 aliphatic carbocycles. The molecule has 0 spiro atoms. The number of nitrogens with one attached hydrogen (secondary N) is 1. The van der Waals surface area contributed by atoms with Gasteiger partial charge in [-0.2, -0.15) is 0 Å².